The highest BCUT2D eigenvalue weighted by atomic mass is 15.0. The van der Waals surface area contributed by atoms with Crippen LogP contribution in [0, 0.1) is 0 Å². The van der Waals surface area contributed by atoms with Gasteiger partial charge in [0.25, 0.3) is 0 Å². The molecule has 0 unspecified atom stereocenters. The maximum atomic E-state index is 4.45. The van der Waals surface area contributed by atoms with Gasteiger partial charge in [0.15, 0.2) is 5.65 Å². The Morgan fingerprint density at radius 1 is 1.11 bits per heavy atom. The zero-order valence-corrected chi connectivity index (χ0v) is 10.4. The van der Waals surface area contributed by atoms with Crippen LogP contribution in [0.3, 0.4) is 0 Å². The van der Waals surface area contributed by atoms with Crippen LogP contribution in [0.2, 0.25) is 0 Å². The molecule has 1 saturated carbocycles. The average Bonchev–Trinajstić information content (AvgIpc) is 3.05. The van der Waals surface area contributed by atoms with Crippen LogP contribution in [0.1, 0.15) is 43.7 Å². The van der Waals surface area contributed by atoms with Crippen molar-refractivity contribution in [2.45, 2.75) is 38.0 Å². The van der Waals surface area contributed by atoms with E-state index in [9.17, 15) is 0 Å². The topological polar surface area (TPSA) is 33.1 Å². The monoisotopic (exact) mass is 239 g/mol. The number of rotatable bonds is 1. The number of aromatic nitrogens is 3. The zero-order chi connectivity index (χ0) is 11.9. The van der Waals surface area contributed by atoms with Crippen LogP contribution in [-0.2, 0) is 0 Å². The molecule has 1 aliphatic carbocycles. The van der Waals surface area contributed by atoms with Gasteiger partial charge < -0.3 is 9.38 Å². The van der Waals surface area contributed by atoms with E-state index in [1.807, 2.05) is 12.4 Å². The van der Waals surface area contributed by atoms with Crippen LogP contribution >= 0.6 is 0 Å². The number of nitrogens with zero attached hydrogens (tertiary/aromatic N) is 2. The van der Waals surface area contributed by atoms with Crippen molar-refractivity contribution in [1.29, 1.82) is 0 Å². The minimum atomic E-state index is 0.724. The average molecular weight is 239 g/mol. The molecule has 0 radical (unpaired) electrons. The summed E-state index contributed by atoms with van der Waals surface area (Å²) in [5, 5.41) is 0. The Bertz CT molecular complexity index is 686. The Balaban J connectivity index is 1.96. The van der Waals surface area contributed by atoms with Gasteiger partial charge in [0.05, 0.1) is 17.2 Å². The number of aromatic amines is 1. The second kappa shape index (κ2) is 3.87. The third kappa shape index (κ3) is 1.40. The maximum Gasteiger partial charge on any atom is 0.154 e. The molecule has 0 aromatic carbocycles. The summed E-state index contributed by atoms with van der Waals surface area (Å²) >= 11 is 0. The van der Waals surface area contributed by atoms with Crippen molar-refractivity contribution in [2.24, 2.45) is 0 Å². The molecule has 0 bridgehead atoms. The van der Waals surface area contributed by atoms with Gasteiger partial charge in [0.2, 0.25) is 0 Å². The summed E-state index contributed by atoms with van der Waals surface area (Å²) in [6.45, 7) is 0. The first kappa shape index (κ1) is 10.2. The Morgan fingerprint density at radius 3 is 2.89 bits per heavy atom. The number of nitrogens with one attached hydrogen (secondary N) is 1. The number of hydrogen-bond donors (Lipinski definition) is 1. The van der Waals surface area contributed by atoms with E-state index in [1.165, 1.54) is 48.8 Å². The summed E-state index contributed by atoms with van der Waals surface area (Å²) in [4.78, 5) is 7.65. The molecule has 0 atom stereocenters. The Labute approximate surface area is 106 Å². The molecule has 92 valence electrons. The van der Waals surface area contributed by atoms with E-state index in [4.69, 9.17) is 0 Å². The van der Waals surface area contributed by atoms with Crippen LogP contribution in [0.25, 0.3) is 16.7 Å². The van der Waals surface area contributed by atoms with Crippen LogP contribution in [0.15, 0.2) is 30.6 Å². The maximum absolute atomic E-state index is 4.45. The second-order valence-corrected chi connectivity index (χ2v) is 5.32. The van der Waals surface area contributed by atoms with Crippen molar-refractivity contribution in [1.82, 2.24) is 14.4 Å². The molecule has 0 saturated heterocycles. The molecule has 3 nitrogen and oxygen atoms in total. The third-order valence-electron chi connectivity index (χ3n) is 4.24. The smallest absolute Gasteiger partial charge is 0.154 e. The van der Waals surface area contributed by atoms with Crippen LogP contribution in [0.4, 0.5) is 0 Å². The summed E-state index contributed by atoms with van der Waals surface area (Å²) in [5.74, 6) is 0.724. The normalized spacial score (nSPS) is 17.8. The molecule has 4 rings (SSSR count). The largest absolute Gasteiger partial charge is 0.345 e. The van der Waals surface area contributed by atoms with Crippen LogP contribution in [0.5, 0.6) is 0 Å². The van der Waals surface area contributed by atoms with E-state index in [-0.39, 0.29) is 0 Å². The van der Waals surface area contributed by atoms with Gasteiger partial charge in [-0.25, -0.2) is 4.98 Å². The van der Waals surface area contributed by atoms with Gasteiger partial charge in [0.1, 0.15) is 0 Å². The quantitative estimate of drug-likeness (QED) is 0.687. The van der Waals surface area contributed by atoms with Gasteiger partial charge in [-0.1, -0.05) is 19.3 Å². The second-order valence-electron chi connectivity index (χ2n) is 5.32. The summed E-state index contributed by atoms with van der Waals surface area (Å²) in [6.07, 6.45) is 10.8. The highest BCUT2D eigenvalue weighted by molar-refractivity contribution is 5.76. The number of H-pyrrole nitrogens is 1. The number of hydrogen-bond acceptors (Lipinski definition) is 1. The van der Waals surface area contributed by atoms with E-state index >= 15 is 0 Å². The van der Waals surface area contributed by atoms with Crippen molar-refractivity contribution >= 4 is 16.7 Å². The van der Waals surface area contributed by atoms with E-state index < -0.39 is 0 Å². The van der Waals surface area contributed by atoms with E-state index in [1.54, 1.807) is 0 Å². The van der Waals surface area contributed by atoms with E-state index in [0.717, 1.165) is 11.6 Å². The number of fused-ring (bicyclic) bond motifs is 3. The van der Waals surface area contributed by atoms with Crippen molar-refractivity contribution in [3.63, 3.8) is 0 Å². The van der Waals surface area contributed by atoms with Gasteiger partial charge in [-0.05, 0) is 37.0 Å². The van der Waals surface area contributed by atoms with Crippen molar-refractivity contribution < 1.29 is 0 Å². The van der Waals surface area contributed by atoms with Crippen molar-refractivity contribution in [3.05, 3.63) is 36.3 Å². The predicted octanol–water partition coefficient (Wildman–Crippen LogP) is 3.86. The SMILES string of the molecule is c1cc2c(ncc3ccc(C4CCCCC4)n32)[nH]1. The van der Waals surface area contributed by atoms with Crippen molar-refractivity contribution in [3.8, 4) is 0 Å². The van der Waals surface area contributed by atoms with Crippen molar-refractivity contribution in [2.75, 3.05) is 0 Å². The van der Waals surface area contributed by atoms with E-state index in [0.29, 0.717) is 0 Å². The molecule has 0 aliphatic heterocycles. The zero-order valence-electron chi connectivity index (χ0n) is 10.4. The van der Waals surface area contributed by atoms with Gasteiger partial charge in [0, 0.05) is 11.9 Å². The lowest BCUT2D eigenvalue weighted by molar-refractivity contribution is 0.436. The molecule has 3 heterocycles. The summed E-state index contributed by atoms with van der Waals surface area (Å²) in [5.41, 5.74) is 4.87. The lowest BCUT2D eigenvalue weighted by Crippen LogP contribution is -2.07. The molecular formula is C15H17N3. The molecule has 18 heavy (non-hydrogen) atoms. The molecule has 1 N–H and O–H groups in total. The molecule has 1 fully saturated rings. The van der Waals surface area contributed by atoms with E-state index in [2.05, 4.69) is 32.6 Å². The lowest BCUT2D eigenvalue weighted by Gasteiger charge is -2.22. The summed E-state index contributed by atoms with van der Waals surface area (Å²) in [7, 11) is 0. The first-order valence-corrected chi connectivity index (χ1v) is 6.87. The minimum Gasteiger partial charge on any atom is -0.345 e. The standard InChI is InChI=1S/C15H17N3/c1-2-4-11(5-3-1)13-7-6-12-10-17-15-14(18(12)13)8-9-16-15/h6-11,16H,1-5H2. The van der Waals surface area contributed by atoms with Gasteiger partial charge >= 0.3 is 0 Å². The molecule has 0 amide bonds. The highest BCUT2D eigenvalue weighted by Gasteiger charge is 2.19. The molecule has 3 aromatic heterocycles. The summed E-state index contributed by atoms with van der Waals surface area (Å²) < 4.78 is 2.38. The Hall–Kier alpha value is -1.77. The fourth-order valence-corrected chi connectivity index (χ4v) is 3.33. The molecular weight excluding hydrogens is 222 g/mol. The predicted molar refractivity (Wildman–Crippen MR) is 72.9 cm³/mol. The summed E-state index contributed by atoms with van der Waals surface area (Å²) in [6, 6.07) is 6.62. The molecule has 3 heteroatoms. The minimum absolute atomic E-state index is 0.724. The van der Waals surface area contributed by atoms with Gasteiger partial charge in [-0.2, -0.15) is 0 Å². The third-order valence-corrected chi connectivity index (χ3v) is 4.24. The fraction of sp³-hybridized carbons (Fsp3) is 0.400. The Morgan fingerprint density at radius 2 is 2.00 bits per heavy atom. The van der Waals surface area contributed by atoms with Gasteiger partial charge in [-0.15, -0.1) is 0 Å². The van der Waals surface area contributed by atoms with Crippen LogP contribution in [-0.4, -0.2) is 14.4 Å². The van der Waals surface area contributed by atoms with Crippen LogP contribution < -0.4 is 0 Å². The Kier molecular flexibility index (Phi) is 2.19. The first-order chi connectivity index (χ1) is 8.93. The first-order valence-electron chi connectivity index (χ1n) is 6.87. The van der Waals surface area contributed by atoms with Gasteiger partial charge in [-0.3, -0.25) is 0 Å². The highest BCUT2D eigenvalue weighted by Crippen LogP contribution is 2.34. The molecule has 3 aromatic rings. The molecule has 0 spiro atoms. The molecule has 1 aliphatic rings. The lowest BCUT2D eigenvalue weighted by atomic mass is 9.87. The fourth-order valence-electron chi connectivity index (χ4n) is 3.33.